The fraction of sp³-hybridized carbons (Fsp3) is 0.200. The summed E-state index contributed by atoms with van der Waals surface area (Å²) in [5.41, 5.74) is 6.57. The Morgan fingerprint density at radius 3 is 2.91 bits per heavy atom. The second-order valence-corrected chi connectivity index (χ2v) is 4.66. The molecule has 0 aliphatic heterocycles. The van der Waals surface area contributed by atoms with Crippen molar-refractivity contribution in [2.24, 2.45) is 5.73 Å². The minimum atomic E-state index is -2.54. The Bertz CT molecular complexity index is 707. The number of halogens is 3. The van der Waals surface area contributed by atoms with Gasteiger partial charge in [-0.3, -0.25) is 0 Å². The van der Waals surface area contributed by atoms with E-state index in [1.54, 1.807) is 6.07 Å². The number of aromatic nitrogens is 2. The van der Waals surface area contributed by atoms with Gasteiger partial charge in [-0.25, -0.2) is 18.2 Å². The molecule has 122 valence electrons. The highest BCUT2D eigenvalue weighted by atomic mass is 19.3. The van der Waals surface area contributed by atoms with E-state index in [4.69, 9.17) is 10.5 Å². The van der Waals surface area contributed by atoms with Gasteiger partial charge in [0.15, 0.2) is 5.82 Å². The van der Waals surface area contributed by atoms with Crippen molar-refractivity contribution in [3.63, 3.8) is 0 Å². The minimum absolute atomic E-state index is 0.0000484. The smallest absolute Gasteiger partial charge is 0.317 e. The van der Waals surface area contributed by atoms with E-state index in [1.807, 2.05) is 0 Å². The van der Waals surface area contributed by atoms with Gasteiger partial charge in [0.25, 0.3) is 6.43 Å². The first-order chi connectivity index (χ1) is 11.0. The van der Waals surface area contributed by atoms with E-state index < -0.39 is 12.2 Å². The summed E-state index contributed by atoms with van der Waals surface area (Å²) in [4.78, 5) is 7.46. The van der Waals surface area contributed by atoms with Crippen LogP contribution in [0.25, 0.3) is 0 Å². The van der Waals surface area contributed by atoms with Gasteiger partial charge in [-0.05, 0) is 19.1 Å². The fourth-order valence-electron chi connectivity index (χ4n) is 1.63. The van der Waals surface area contributed by atoms with E-state index in [-0.39, 0.29) is 29.6 Å². The summed E-state index contributed by atoms with van der Waals surface area (Å²) in [5, 5.41) is 2.80. The van der Waals surface area contributed by atoms with Crippen molar-refractivity contribution in [1.82, 2.24) is 9.97 Å². The third-order valence-corrected chi connectivity index (χ3v) is 2.83. The zero-order valence-electron chi connectivity index (χ0n) is 12.3. The summed E-state index contributed by atoms with van der Waals surface area (Å²) in [7, 11) is 0. The van der Waals surface area contributed by atoms with Crippen LogP contribution in [0.2, 0.25) is 0 Å². The van der Waals surface area contributed by atoms with Crippen LogP contribution in [0.5, 0.6) is 6.01 Å². The van der Waals surface area contributed by atoms with E-state index >= 15 is 0 Å². The molecule has 2 rings (SSSR count). The monoisotopic (exact) mass is 324 g/mol. The van der Waals surface area contributed by atoms with Gasteiger partial charge in [0, 0.05) is 17.5 Å². The highest BCUT2D eigenvalue weighted by molar-refractivity contribution is 5.48. The average Bonchev–Trinajstić information content (AvgIpc) is 2.54. The third kappa shape index (κ3) is 4.87. The van der Waals surface area contributed by atoms with Crippen LogP contribution in [0.4, 0.5) is 18.9 Å². The van der Waals surface area contributed by atoms with Gasteiger partial charge < -0.3 is 15.8 Å². The molecule has 0 unspecified atom stereocenters. The summed E-state index contributed by atoms with van der Waals surface area (Å²) >= 11 is 0. The van der Waals surface area contributed by atoms with Crippen LogP contribution in [0.15, 0.2) is 42.4 Å². The molecule has 2 aromatic rings. The van der Waals surface area contributed by atoms with Crippen LogP contribution >= 0.6 is 0 Å². The maximum Gasteiger partial charge on any atom is 0.317 e. The van der Waals surface area contributed by atoms with Crippen molar-refractivity contribution in [2.45, 2.75) is 13.3 Å². The molecule has 8 heteroatoms. The van der Waals surface area contributed by atoms with Gasteiger partial charge in [0.05, 0.1) is 17.6 Å². The van der Waals surface area contributed by atoms with Crippen LogP contribution in [-0.2, 0) is 0 Å². The fourth-order valence-corrected chi connectivity index (χ4v) is 1.63. The molecular weight excluding hydrogens is 309 g/mol. The van der Waals surface area contributed by atoms with E-state index in [0.29, 0.717) is 5.69 Å². The summed E-state index contributed by atoms with van der Waals surface area (Å²) in [6.45, 7) is 1.45. The molecule has 3 N–H and O–H groups in total. The molecule has 0 aliphatic rings. The Balaban J connectivity index is 1.92. The molecule has 1 heterocycles. The normalized spacial score (nSPS) is 11.6. The molecule has 0 aliphatic carbocycles. The van der Waals surface area contributed by atoms with Crippen molar-refractivity contribution in [1.29, 1.82) is 0 Å². The quantitative estimate of drug-likeness (QED) is 0.854. The maximum atomic E-state index is 13.0. The molecule has 1 aromatic heterocycles. The van der Waals surface area contributed by atoms with Crippen LogP contribution in [0.1, 0.15) is 17.7 Å². The summed E-state index contributed by atoms with van der Waals surface area (Å²) in [6.07, 6.45) is -0.118. The molecule has 0 atom stereocenters. The molecule has 0 amide bonds. The average molecular weight is 324 g/mol. The number of nitrogens with one attached hydrogen (secondary N) is 1. The van der Waals surface area contributed by atoms with Gasteiger partial charge >= 0.3 is 6.01 Å². The molecule has 0 saturated carbocycles. The zero-order valence-corrected chi connectivity index (χ0v) is 12.3. The third-order valence-electron chi connectivity index (χ3n) is 2.83. The second-order valence-electron chi connectivity index (χ2n) is 4.66. The lowest BCUT2D eigenvalue weighted by Gasteiger charge is -2.07. The Labute approximate surface area is 131 Å². The number of rotatable bonds is 6. The maximum absolute atomic E-state index is 13.0. The number of benzene rings is 1. The first kappa shape index (κ1) is 16.6. The van der Waals surface area contributed by atoms with Gasteiger partial charge in [-0.1, -0.05) is 12.1 Å². The van der Waals surface area contributed by atoms with E-state index in [9.17, 15) is 13.2 Å². The molecular formula is C15H15F3N4O. The van der Waals surface area contributed by atoms with E-state index in [2.05, 4.69) is 15.3 Å². The number of ether oxygens (including phenoxy) is 1. The molecule has 23 heavy (non-hydrogen) atoms. The molecule has 5 nitrogen and oxygen atoms in total. The van der Waals surface area contributed by atoms with Crippen molar-refractivity contribution < 1.29 is 17.9 Å². The van der Waals surface area contributed by atoms with Crippen molar-refractivity contribution >= 4 is 5.69 Å². The number of alkyl halides is 2. The second kappa shape index (κ2) is 7.48. The number of nitrogens with zero attached hydrogens (tertiary/aromatic N) is 2. The Morgan fingerprint density at radius 2 is 2.22 bits per heavy atom. The van der Waals surface area contributed by atoms with Crippen molar-refractivity contribution in [3.8, 4) is 6.01 Å². The summed E-state index contributed by atoms with van der Waals surface area (Å²) < 4.78 is 43.4. The van der Waals surface area contributed by atoms with Gasteiger partial charge in [-0.15, -0.1) is 0 Å². The van der Waals surface area contributed by atoms with Gasteiger partial charge in [0.1, 0.15) is 6.61 Å². The van der Waals surface area contributed by atoms with Crippen LogP contribution in [0.3, 0.4) is 0 Å². The van der Waals surface area contributed by atoms with Gasteiger partial charge in [0.2, 0.25) is 0 Å². The SMILES string of the molecule is Cc1nc(OC/C(N)=C/Nc2cccc(C(F)F)c2)ncc1F. The summed E-state index contributed by atoms with van der Waals surface area (Å²) in [6, 6.07) is 5.80. The summed E-state index contributed by atoms with van der Waals surface area (Å²) in [5.74, 6) is -0.526. The lowest BCUT2D eigenvalue weighted by atomic mass is 10.2. The molecule has 0 fully saturated rings. The predicted molar refractivity (Wildman–Crippen MR) is 79.5 cm³/mol. The number of aryl methyl sites for hydroxylation is 1. The number of hydrogen-bond donors (Lipinski definition) is 2. The van der Waals surface area contributed by atoms with Gasteiger partial charge in [-0.2, -0.15) is 4.98 Å². The molecule has 1 aromatic carbocycles. The van der Waals surface area contributed by atoms with E-state index in [1.165, 1.54) is 31.3 Å². The Kier molecular flexibility index (Phi) is 5.40. The predicted octanol–water partition coefficient (Wildman–Crippen LogP) is 3.15. The topological polar surface area (TPSA) is 73.1 Å². The number of nitrogens with two attached hydrogens (primary N) is 1. The largest absolute Gasteiger partial charge is 0.457 e. The zero-order chi connectivity index (χ0) is 16.8. The highest BCUT2D eigenvalue weighted by Crippen LogP contribution is 2.21. The van der Waals surface area contributed by atoms with Crippen molar-refractivity contribution in [2.75, 3.05) is 11.9 Å². The highest BCUT2D eigenvalue weighted by Gasteiger charge is 2.07. The lowest BCUT2D eigenvalue weighted by molar-refractivity contribution is 0.151. The molecule has 0 bridgehead atoms. The molecule has 0 saturated heterocycles. The standard InChI is InChI=1S/C15H15F3N4O/c1-9-13(16)7-21-15(22-9)23-8-11(19)6-20-12-4-2-3-10(5-12)14(17)18/h2-7,14,20H,8,19H2,1H3/b11-6-. The first-order valence-corrected chi connectivity index (χ1v) is 6.67. The van der Waals surface area contributed by atoms with Crippen molar-refractivity contribution in [3.05, 3.63) is 59.4 Å². The molecule has 0 radical (unpaired) electrons. The Morgan fingerprint density at radius 1 is 1.43 bits per heavy atom. The number of hydrogen-bond acceptors (Lipinski definition) is 5. The van der Waals surface area contributed by atoms with E-state index in [0.717, 1.165) is 6.20 Å². The minimum Gasteiger partial charge on any atom is -0.457 e. The van der Waals surface area contributed by atoms with Crippen LogP contribution in [-0.4, -0.2) is 16.6 Å². The number of anilines is 1. The Hall–Kier alpha value is -2.77. The first-order valence-electron chi connectivity index (χ1n) is 6.67. The lowest BCUT2D eigenvalue weighted by Crippen LogP contribution is -2.12. The van der Waals surface area contributed by atoms with Crippen LogP contribution in [0, 0.1) is 12.7 Å². The molecule has 0 spiro atoms. The van der Waals surface area contributed by atoms with Crippen LogP contribution < -0.4 is 15.8 Å².